The summed E-state index contributed by atoms with van der Waals surface area (Å²) in [4.78, 5) is 0. The molecule has 4 bridgehead atoms. The Morgan fingerprint density at radius 1 is 0.737 bits per heavy atom. The summed E-state index contributed by atoms with van der Waals surface area (Å²) in [5.74, 6) is 5.25. The second-order valence-electron chi connectivity index (χ2n) is 8.34. The Morgan fingerprint density at radius 3 is 2.05 bits per heavy atom. The molecule has 5 saturated carbocycles. The lowest BCUT2D eigenvalue weighted by Crippen LogP contribution is -2.57. The van der Waals surface area contributed by atoms with Crippen molar-refractivity contribution in [1.29, 1.82) is 0 Å². The Balaban J connectivity index is 1.44. The van der Waals surface area contributed by atoms with Crippen molar-refractivity contribution in [2.45, 2.75) is 83.2 Å². The Bertz CT molecular complexity index is 296. The summed E-state index contributed by atoms with van der Waals surface area (Å²) in [5.41, 5.74) is 0. The molecule has 5 fully saturated rings. The average Bonchev–Trinajstić information content (AvgIpc) is 2.58. The predicted molar refractivity (Wildman–Crippen MR) is 80.0 cm³/mol. The predicted octanol–water partition coefficient (Wildman–Crippen LogP) is 4.37. The zero-order valence-corrected chi connectivity index (χ0v) is 12.6. The van der Waals surface area contributed by atoms with Crippen LogP contribution in [-0.4, -0.2) is 12.1 Å². The van der Waals surface area contributed by atoms with Gasteiger partial charge in [0.1, 0.15) is 0 Å². The van der Waals surface area contributed by atoms with Crippen molar-refractivity contribution in [3.8, 4) is 0 Å². The molecular weight excluding hydrogens is 230 g/mol. The molecule has 19 heavy (non-hydrogen) atoms. The summed E-state index contributed by atoms with van der Waals surface area (Å²) < 4.78 is 0. The first kappa shape index (κ1) is 12.7. The zero-order valence-electron chi connectivity index (χ0n) is 12.6. The average molecular weight is 261 g/mol. The van der Waals surface area contributed by atoms with Gasteiger partial charge in [0.15, 0.2) is 0 Å². The molecule has 0 aromatic heterocycles. The van der Waals surface area contributed by atoms with Crippen LogP contribution in [-0.2, 0) is 0 Å². The third-order valence-electron chi connectivity index (χ3n) is 6.99. The van der Waals surface area contributed by atoms with E-state index in [-0.39, 0.29) is 0 Å². The fraction of sp³-hybridized carbons (Fsp3) is 1.00. The third kappa shape index (κ3) is 2.37. The molecule has 108 valence electrons. The van der Waals surface area contributed by atoms with Gasteiger partial charge in [0, 0.05) is 12.1 Å². The molecule has 0 heterocycles. The van der Waals surface area contributed by atoms with E-state index in [0.717, 1.165) is 41.7 Å². The molecule has 0 aromatic rings. The SMILES string of the molecule is CC1CCCCCC1NC1C2CC3CC(C2)CC1C3. The van der Waals surface area contributed by atoms with Gasteiger partial charge in [-0.15, -0.1) is 0 Å². The van der Waals surface area contributed by atoms with Crippen molar-refractivity contribution in [3.63, 3.8) is 0 Å². The van der Waals surface area contributed by atoms with Gasteiger partial charge in [0.2, 0.25) is 0 Å². The molecular formula is C18H31N. The molecule has 0 aromatic carbocycles. The quantitative estimate of drug-likeness (QED) is 0.728. The van der Waals surface area contributed by atoms with Crippen LogP contribution in [0, 0.1) is 29.6 Å². The van der Waals surface area contributed by atoms with Gasteiger partial charge in [0.05, 0.1) is 0 Å². The van der Waals surface area contributed by atoms with Gasteiger partial charge in [-0.2, -0.15) is 0 Å². The van der Waals surface area contributed by atoms with Crippen LogP contribution in [0.4, 0.5) is 0 Å². The Morgan fingerprint density at radius 2 is 1.37 bits per heavy atom. The Labute approximate surface area is 118 Å². The van der Waals surface area contributed by atoms with E-state index in [1.165, 1.54) is 32.1 Å². The van der Waals surface area contributed by atoms with Crippen LogP contribution in [0.2, 0.25) is 0 Å². The van der Waals surface area contributed by atoms with E-state index in [1.54, 1.807) is 32.1 Å². The van der Waals surface area contributed by atoms with E-state index < -0.39 is 0 Å². The van der Waals surface area contributed by atoms with E-state index in [2.05, 4.69) is 12.2 Å². The molecule has 0 amide bonds. The van der Waals surface area contributed by atoms with Gasteiger partial charge >= 0.3 is 0 Å². The maximum absolute atomic E-state index is 4.19. The minimum absolute atomic E-state index is 0.838. The van der Waals surface area contributed by atoms with Gasteiger partial charge in [0.25, 0.3) is 0 Å². The van der Waals surface area contributed by atoms with Crippen molar-refractivity contribution in [1.82, 2.24) is 5.32 Å². The monoisotopic (exact) mass is 261 g/mol. The molecule has 0 aliphatic heterocycles. The maximum atomic E-state index is 4.19. The first-order valence-corrected chi connectivity index (χ1v) is 9.05. The number of nitrogens with one attached hydrogen (secondary N) is 1. The largest absolute Gasteiger partial charge is 0.310 e. The highest BCUT2D eigenvalue weighted by Gasteiger charge is 2.48. The minimum Gasteiger partial charge on any atom is -0.310 e. The first-order valence-electron chi connectivity index (χ1n) is 9.05. The van der Waals surface area contributed by atoms with Crippen molar-refractivity contribution >= 4 is 0 Å². The molecule has 1 N–H and O–H groups in total. The molecule has 5 aliphatic rings. The maximum Gasteiger partial charge on any atom is 0.0127 e. The first-order chi connectivity index (χ1) is 9.29. The van der Waals surface area contributed by atoms with E-state index in [0.29, 0.717) is 0 Å². The lowest BCUT2D eigenvalue weighted by atomic mass is 9.54. The number of rotatable bonds is 2. The summed E-state index contributed by atoms with van der Waals surface area (Å²) in [6.07, 6.45) is 15.2. The van der Waals surface area contributed by atoms with Crippen molar-refractivity contribution in [2.75, 3.05) is 0 Å². The molecule has 0 saturated heterocycles. The van der Waals surface area contributed by atoms with Crippen molar-refractivity contribution < 1.29 is 0 Å². The van der Waals surface area contributed by atoms with E-state index in [4.69, 9.17) is 0 Å². The summed E-state index contributed by atoms with van der Waals surface area (Å²) in [6, 6.07) is 1.74. The standard InChI is InChI=1S/C18H31N/c1-12-5-3-2-4-6-17(12)19-18-15-8-13-7-14(10-15)11-16(18)9-13/h12-19H,2-11H2,1H3. The normalized spacial score (nSPS) is 53.2. The van der Waals surface area contributed by atoms with Gasteiger partial charge in [-0.05, 0) is 74.5 Å². The van der Waals surface area contributed by atoms with Crippen LogP contribution in [0.5, 0.6) is 0 Å². The minimum atomic E-state index is 0.838. The fourth-order valence-electron chi connectivity index (χ4n) is 6.19. The van der Waals surface area contributed by atoms with Gasteiger partial charge in [-0.3, -0.25) is 0 Å². The molecule has 2 atom stereocenters. The molecule has 0 radical (unpaired) electrons. The molecule has 1 heteroatoms. The Hall–Kier alpha value is -0.0400. The zero-order chi connectivity index (χ0) is 12.8. The van der Waals surface area contributed by atoms with E-state index in [1.807, 2.05) is 0 Å². The lowest BCUT2D eigenvalue weighted by molar-refractivity contribution is -0.0203. The second kappa shape index (κ2) is 5.06. The summed E-state index contributed by atoms with van der Waals surface area (Å²) in [6.45, 7) is 2.50. The number of hydrogen-bond acceptors (Lipinski definition) is 1. The van der Waals surface area contributed by atoms with Crippen LogP contribution in [0.15, 0.2) is 0 Å². The van der Waals surface area contributed by atoms with Crippen LogP contribution in [0.3, 0.4) is 0 Å². The highest BCUT2D eigenvalue weighted by molar-refractivity contribution is 5.02. The van der Waals surface area contributed by atoms with Crippen LogP contribution in [0.25, 0.3) is 0 Å². The fourth-order valence-corrected chi connectivity index (χ4v) is 6.19. The molecule has 2 unspecified atom stereocenters. The summed E-state index contributed by atoms with van der Waals surface area (Å²) in [7, 11) is 0. The second-order valence-corrected chi connectivity index (χ2v) is 8.34. The topological polar surface area (TPSA) is 12.0 Å². The van der Waals surface area contributed by atoms with Gasteiger partial charge in [-0.25, -0.2) is 0 Å². The van der Waals surface area contributed by atoms with Crippen LogP contribution < -0.4 is 5.32 Å². The molecule has 1 nitrogen and oxygen atoms in total. The third-order valence-corrected chi connectivity index (χ3v) is 6.99. The molecule has 0 spiro atoms. The lowest BCUT2D eigenvalue weighted by Gasteiger charge is -2.55. The highest BCUT2D eigenvalue weighted by Crippen LogP contribution is 2.54. The van der Waals surface area contributed by atoms with Crippen LogP contribution in [0.1, 0.15) is 71.1 Å². The van der Waals surface area contributed by atoms with Gasteiger partial charge < -0.3 is 5.32 Å². The van der Waals surface area contributed by atoms with E-state index in [9.17, 15) is 0 Å². The van der Waals surface area contributed by atoms with Crippen LogP contribution >= 0.6 is 0 Å². The van der Waals surface area contributed by atoms with Crippen molar-refractivity contribution in [3.05, 3.63) is 0 Å². The molecule has 5 rings (SSSR count). The highest BCUT2D eigenvalue weighted by atomic mass is 15.0. The smallest absolute Gasteiger partial charge is 0.0127 e. The van der Waals surface area contributed by atoms with E-state index >= 15 is 0 Å². The number of hydrogen-bond donors (Lipinski definition) is 1. The van der Waals surface area contributed by atoms with Gasteiger partial charge in [-0.1, -0.05) is 26.2 Å². The van der Waals surface area contributed by atoms with Crippen molar-refractivity contribution in [2.24, 2.45) is 29.6 Å². The molecule has 5 aliphatic carbocycles. The Kier molecular flexibility index (Phi) is 3.38. The summed E-state index contributed by atoms with van der Waals surface area (Å²) in [5, 5.41) is 4.19. The summed E-state index contributed by atoms with van der Waals surface area (Å²) >= 11 is 0.